The van der Waals surface area contributed by atoms with Crippen LogP contribution in [0.2, 0.25) is 5.02 Å². The average Bonchev–Trinajstić information content (AvgIpc) is 2.40. The van der Waals surface area contributed by atoms with Gasteiger partial charge < -0.3 is 10.2 Å². The molecule has 1 atom stereocenters. The first-order chi connectivity index (χ1) is 9.47. The molecule has 6 heteroatoms. The van der Waals surface area contributed by atoms with E-state index in [9.17, 15) is 9.59 Å². The van der Waals surface area contributed by atoms with Crippen molar-refractivity contribution in [3.63, 3.8) is 0 Å². The second-order valence-electron chi connectivity index (χ2n) is 4.92. The van der Waals surface area contributed by atoms with E-state index in [1.807, 2.05) is 0 Å². The summed E-state index contributed by atoms with van der Waals surface area (Å²) in [5.74, 6) is -0.106. The number of carbonyl (C=O) groups excluding carboxylic acids is 2. The van der Waals surface area contributed by atoms with Crippen LogP contribution in [0.1, 0.15) is 30.1 Å². The van der Waals surface area contributed by atoms with Crippen molar-refractivity contribution >= 4 is 39.3 Å². The zero-order valence-corrected chi connectivity index (χ0v) is 13.5. The second-order valence-corrected chi connectivity index (χ2v) is 6.18. The molecule has 1 heterocycles. The first kappa shape index (κ1) is 15.3. The van der Waals surface area contributed by atoms with E-state index in [-0.39, 0.29) is 17.9 Å². The van der Waals surface area contributed by atoms with Crippen LogP contribution < -0.4 is 5.32 Å². The van der Waals surface area contributed by atoms with Gasteiger partial charge in [0.05, 0.1) is 5.02 Å². The molecule has 108 valence electrons. The van der Waals surface area contributed by atoms with Gasteiger partial charge in [-0.3, -0.25) is 9.59 Å². The Morgan fingerprint density at radius 3 is 2.85 bits per heavy atom. The number of nitrogens with one attached hydrogen (secondary N) is 1. The number of carbonyl (C=O) groups is 2. The summed E-state index contributed by atoms with van der Waals surface area (Å²) in [7, 11) is 0. The van der Waals surface area contributed by atoms with Crippen molar-refractivity contribution < 1.29 is 9.59 Å². The van der Waals surface area contributed by atoms with Crippen LogP contribution in [-0.2, 0) is 4.79 Å². The quantitative estimate of drug-likeness (QED) is 0.883. The highest BCUT2D eigenvalue weighted by atomic mass is 79.9. The van der Waals surface area contributed by atoms with E-state index in [4.69, 9.17) is 11.6 Å². The van der Waals surface area contributed by atoms with E-state index in [0.717, 1.165) is 17.3 Å². The molecule has 0 bridgehead atoms. The van der Waals surface area contributed by atoms with Gasteiger partial charge in [-0.15, -0.1) is 0 Å². The number of likely N-dealkylation sites (tertiary alicyclic amines) is 1. The van der Waals surface area contributed by atoms with Gasteiger partial charge in [-0.1, -0.05) is 11.6 Å². The molecule has 2 rings (SSSR count). The largest absolute Gasteiger partial charge is 0.352 e. The van der Waals surface area contributed by atoms with E-state index in [0.29, 0.717) is 23.7 Å². The standard InChI is InChI=1S/C14H16BrClN2O2/c1-9(19)17-11-3-2-6-18(8-11)14(20)10-4-5-12(15)13(16)7-10/h4-5,7,11H,2-3,6,8H2,1H3,(H,17,19). The van der Waals surface area contributed by atoms with Crippen molar-refractivity contribution in [1.29, 1.82) is 0 Å². The molecule has 1 unspecified atom stereocenters. The molecule has 20 heavy (non-hydrogen) atoms. The Labute approximate surface area is 131 Å². The summed E-state index contributed by atoms with van der Waals surface area (Å²) in [5.41, 5.74) is 0.571. The molecule has 0 radical (unpaired) electrons. The van der Waals surface area contributed by atoms with Crippen LogP contribution in [0.25, 0.3) is 0 Å². The molecule has 1 aromatic carbocycles. The predicted octanol–water partition coefficient (Wildman–Crippen LogP) is 2.84. The maximum Gasteiger partial charge on any atom is 0.253 e. The molecular weight excluding hydrogens is 344 g/mol. The van der Waals surface area contributed by atoms with E-state index < -0.39 is 0 Å². The summed E-state index contributed by atoms with van der Waals surface area (Å²) in [6.07, 6.45) is 1.80. The van der Waals surface area contributed by atoms with Crippen molar-refractivity contribution in [3.05, 3.63) is 33.3 Å². The van der Waals surface area contributed by atoms with Crippen LogP contribution in [0, 0.1) is 0 Å². The van der Waals surface area contributed by atoms with Crippen LogP contribution in [0.4, 0.5) is 0 Å². The van der Waals surface area contributed by atoms with E-state index in [2.05, 4.69) is 21.2 Å². The number of halogens is 2. The van der Waals surface area contributed by atoms with Gasteiger partial charge in [0.2, 0.25) is 5.91 Å². The molecule has 1 fully saturated rings. The smallest absolute Gasteiger partial charge is 0.253 e. The maximum atomic E-state index is 12.4. The Morgan fingerprint density at radius 1 is 1.45 bits per heavy atom. The number of hydrogen-bond acceptors (Lipinski definition) is 2. The van der Waals surface area contributed by atoms with Crippen LogP contribution in [-0.4, -0.2) is 35.8 Å². The van der Waals surface area contributed by atoms with Gasteiger partial charge >= 0.3 is 0 Å². The van der Waals surface area contributed by atoms with Gasteiger partial charge in [-0.25, -0.2) is 0 Å². The van der Waals surface area contributed by atoms with Crippen molar-refractivity contribution in [2.45, 2.75) is 25.8 Å². The van der Waals surface area contributed by atoms with Crippen LogP contribution in [0.15, 0.2) is 22.7 Å². The molecule has 0 aromatic heterocycles. The van der Waals surface area contributed by atoms with E-state index in [1.54, 1.807) is 23.1 Å². The lowest BCUT2D eigenvalue weighted by atomic mass is 10.0. The fraction of sp³-hybridized carbons (Fsp3) is 0.429. The summed E-state index contributed by atoms with van der Waals surface area (Å²) < 4.78 is 0.769. The fourth-order valence-corrected chi connectivity index (χ4v) is 2.81. The van der Waals surface area contributed by atoms with Crippen molar-refractivity contribution in [1.82, 2.24) is 10.2 Å². The fourth-order valence-electron chi connectivity index (χ4n) is 2.38. The summed E-state index contributed by atoms with van der Waals surface area (Å²) in [4.78, 5) is 25.3. The summed E-state index contributed by atoms with van der Waals surface area (Å²) >= 11 is 9.33. The minimum Gasteiger partial charge on any atom is -0.352 e. The summed E-state index contributed by atoms with van der Waals surface area (Å²) in [6.45, 7) is 2.75. The lowest BCUT2D eigenvalue weighted by molar-refractivity contribution is -0.120. The van der Waals surface area contributed by atoms with Crippen molar-refractivity contribution in [2.75, 3.05) is 13.1 Å². The Kier molecular flexibility index (Phi) is 5.05. The highest BCUT2D eigenvalue weighted by Gasteiger charge is 2.25. The molecule has 0 saturated carbocycles. The number of piperidine rings is 1. The molecule has 1 aliphatic rings. The number of nitrogens with zero attached hydrogens (tertiary/aromatic N) is 1. The highest BCUT2D eigenvalue weighted by Crippen LogP contribution is 2.24. The first-order valence-corrected chi connectivity index (χ1v) is 7.66. The van der Waals surface area contributed by atoms with Crippen molar-refractivity contribution in [3.8, 4) is 0 Å². The zero-order chi connectivity index (χ0) is 14.7. The molecule has 0 spiro atoms. The minimum absolute atomic E-state index is 0.0381. The van der Waals surface area contributed by atoms with Crippen molar-refractivity contribution in [2.24, 2.45) is 0 Å². The second kappa shape index (κ2) is 6.59. The van der Waals surface area contributed by atoms with Crippen LogP contribution in [0.5, 0.6) is 0 Å². The zero-order valence-electron chi connectivity index (χ0n) is 11.2. The Morgan fingerprint density at radius 2 is 2.20 bits per heavy atom. The lowest BCUT2D eigenvalue weighted by Gasteiger charge is -2.33. The molecule has 1 aliphatic heterocycles. The molecule has 1 aromatic rings. The van der Waals surface area contributed by atoms with Gasteiger partial charge in [0.1, 0.15) is 0 Å². The molecule has 0 aliphatic carbocycles. The van der Waals surface area contributed by atoms with E-state index >= 15 is 0 Å². The number of amides is 2. The van der Waals surface area contributed by atoms with Gasteiger partial charge in [0.15, 0.2) is 0 Å². The normalized spacial score (nSPS) is 18.8. The third-order valence-corrected chi connectivity index (χ3v) is 4.52. The summed E-state index contributed by atoms with van der Waals surface area (Å²) in [5, 5.41) is 3.39. The molecular formula is C14H16BrClN2O2. The van der Waals surface area contributed by atoms with Crippen LogP contribution in [0.3, 0.4) is 0 Å². The number of rotatable bonds is 2. The first-order valence-electron chi connectivity index (χ1n) is 6.49. The van der Waals surface area contributed by atoms with Gasteiger partial charge in [0, 0.05) is 36.1 Å². The third kappa shape index (κ3) is 3.73. The molecule has 4 nitrogen and oxygen atoms in total. The Hall–Kier alpha value is -1.07. The number of benzene rings is 1. The SMILES string of the molecule is CC(=O)NC1CCCN(C(=O)c2ccc(Br)c(Cl)c2)C1. The Bertz CT molecular complexity index is 536. The van der Waals surface area contributed by atoms with Gasteiger partial charge in [0.25, 0.3) is 5.91 Å². The predicted molar refractivity (Wildman–Crippen MR) is 81.9 cm³/mol. The van der Waals surface area contributed by atoms with Crippen LogP contribution >= 0.6 is 27.5 Å². The number of hydrogen-bond donors (Lipinski definition) is 1. The molecule has 1 saturated heterocycles. The average molecular weight is 360 g/mol. The van der Waals surface area contributed by atoms with E-state index in [1.165, 1.54) is 6.92 Å². The molecule has 2 amide bonds. The highest BCUT2D eigenvalue weighted by molar-refractivity contribution is 9.10. The van der Waals surface area contributed by atoms with Gasteiger partial charge in [-0.2, -0.15) is 0 Å². The Balaban J connectivity index is 2.08. The lowest BCUT2D eigenvalue weighted by Crippen LogP contribution is -2.49. The maximum absolute atomic E-state index is 12.4. The minimum atomic E-state index is -0.0593. The summed E-state index contributed by atoms with van der Waals surface area (Å²) in [6, 6.07) is 5.22. The molecule has 1 N–H and O–H groups in total. The third-order valence-electron chi connectivity index (χ3n) is 3.28. The topological polar surface area (TPSA) is 49.4 Å². The monoisotopic (exact) mass is 358 g/mol. The van der Waals surface area contributed by atoms with Gasteiger partial charge in [-0.05, 0) is 47.0 Å².